The number of nitrogens with one attached hydrogen (secondary N) is 1. The first-order valence-corrected chi connectivity index (χ1v) is 8.31. The second kappa shape index (κ2) is 6.63. The molecule has 2 aromatic carbocycles. The van der Waals surface area contributed by atoms with Crippen LogP contribution in [0.1, 0.15) is 26.5 Å². The molecule has 1 aromatic heterocycles. The molecular formula is C21H22FN3. The van der Waals surface area contributed by atoms with Crippen molar-refractivity contribution >= 4 is 5.82 Å². The fourth-order valence-corrected chi connectivity index (χ4v) is 2.66. The molecule has 1 N–H and O–H groups in total. The first-order chi connectivity index (χ1) is 11.8. The van der Waals surface area contributed by atoms with Gasteiger partial charge in [0.15, 0.2) is 0 Å². The monoisotopic (exact) mass is 335 g/mol. The van der Waals surface area contributed by atoms with Crippen LogP contribution >= 0.6 is 0 Å². The molecule has 0 radical (unpaired) electrons. The van der Waals surface area contributed by atoms with E-state index in [2.05, 4.69) is 36.1 Å². The van der Waals surface area contributed by atoms with Gasteiger partial charge in [-0.05, 0) is 39.3 Å². The van der Waals surface area contributed by atoms with Crippen LogP contribution < -0.4 is 5.32 Å². The van der Waals surface area contributed by atoms with Crippen molar-refractivity contribution in [1.29, 1.82) is 0 Å². The molecule has 3 nitrogen and oxygen atoms in total. The second-order valence-corrected chi connectivity index (χ2v) is 7.10. The normalized spacial score (nSPS) is 11.4. The van der Waals surface area contributed by atoms with Gasteiger partial charge in [-0.1, -0.05) is 42.5 Å². The zero-order valence-corrected chi connectivity index (χ0v) is 15.0. The lowest BCUT2D eigenvalue weighted by Gasteiger charge is -2.22. The quantitative estimate of drug-likeness (QED) is 0.690. The van der Waals surface area contributed by atoms with E-state index in [1.807, 2.05) is 43.3 Å². The maximum absolute atomic E-state index is 15.1. The van der Waals surface area contributed by atoms with Crippen molar-refractivity contribution in [2.45, 2.75) is 33.2 Å². The summed E-state index contributed by atoms with van der Waals surface area (Å²) in [7, 11) is 0. The van der Waals surface area contributed by atoms with Gasteiger partial charge in [0, 0.05) is 16.7 Å². The molecule has 3 rings (SSSR count). The predicted molar refractivity (Wildman–Crippen MR) is 101 cm³/mol. The zero-order valence-electron chi connectivity index (χ0n) is 15.0. The van der Waals surface area contributed by atoms with Gasteiger partial charge in [-0.25, -0.2) is 14.4 Å². The molecule has 0 aliphatic rings. The highest BCUT2D eigenvalue weighted by Gasteiger charge is 2.16. The molecule has 0 saturated carbocycles. The standard InChI is InChI=1S/C21H22FN3/c1-14-20(25-21(2,3)4)23-13-18(24-14)17-12-8-11-16(19(17)22)15-9-6-5-7-10-15/h5-13H,1-4H3,(H,23,25). The molecule has 0 saturated heterocycles. The van der Waals surface area contributed by atoms with Crippen molar-refractivity contribution < 1.29 is 4.39 Å². The highest BCUT2D eigenvalue weighted by atomic mass is 19.1. The summed E-state index contributed by atoms with van der Waals surface area (Å²) in [6.07, 6.45) is 1.62. The number of anilines is 1. The minimum absolute atomic E-state index is 0.112. The fourth-order valence-electron chi connectivity index (χ4n) is 2.66. The van der Waals surface area contributed by atoms with Crippen LogP contribution in [0.15, 0.2) is 54.7 Å². The minimum atomic E-state index is -0.279. The van der Waals surface area contributed by atoms with E-state index >= 15 is 4.39 Å². The Morgan fingerprint density at radius 1 is 0.920 bits per heavy atom. The fraction of sp³-hybridized carbons (Fsp3) is 0.238. The lowest BCUT2D eigenvalue weighted by Crippen LogP contribution is -2.27. The third-order valence-corrected chi connectivity index (χ3v) is 3.80. The van der Waals surface area contributed by atoms with Crippen molar-refractivity contribution in [2.24, 2.45) is 0 Å². The first kappa shape index (κ1) is 17.1. The maximum atomic E-state index is 15.1. The molecule has 0 unspecified atom stereocenters. The third-order valence-electron chi connectivity index (χ3n) is 3.80. The molecule has 0 bridgehead atoms. The van der Waals surface area contributed by atoms with Crippen LogP contribution in [0.5, 0.6) is 0 Å². The minimum Gasteiger partial charge on any atom is -0.364 e. The summed E-state index contributed by atoms with van der Waals surface area (Å²) in [5.41, 5.74) is 3.04. The molecule has 25 heavy (non-hydrogen) atoms. The molecular weight excluding hydrogens is 313 g/mol. The highest BCUT2D eigenvalue weighted by Crippen LogP contribution is 2.30. The number of aryl methyl sites for hydroxylation is 1. The average molecular weight is 335 g/mol. The van der Waals surface area contributed by atoms with E-state index in [1.165, 1.54) is 0 Å². The van der Waals surface area contributed by atoms with Crippen molar-refractivity contribution in [2.75, 3.05) is 5.32 Å². The predicted octanol–water partition coefficient (Wildman–Crippen LogP) is 5.47. The van der Waals surface area contributed by atoms with E-state index in [0.29, 0.717) is 16.8 Å². The summed E-state index contributed by atoms with van der Waals surface area (Å²) in [5, 5.41) is 3.31. The van der Waals surface area contributed by atoms with Crippen LogP contribution in [0, 0.1) is 12.7 Å². The lowest BCUT2D eigenvalue weighted by molar-refractivity contribution is 0.627. The summed E-state index contributed by atoms with van der Waals surface area (Å²) in [6.45, 7) is 8.06. The van der Waals surface area contributed by atoms with Crippen molar-refractivity contribution in [3.63, 3.8) is 0 Å². The molecule has 0 atom stereocenters. The number of nitrogens with zero attached hydrogens (tertiary/aromatic N) is 2. The van der Waals surface area contributed by atoms with Gasteiger partial charge in [-0.3, -0.25) is 0 Å². The number of benzene rings is 2. The van der Waals surface area contributed by atoms with E-state index < -0.39 is 0 Å². The van der Waals surface area contributed by atoms with Gasteiger partial charge in [0.05, 0.1) is 17.6 Å². The van der Waals surface area contributed by atoms with E-state index in [4.69, 9.17) is 0 Å². The Labute approximate surface area is 148 Å². The number of aromatic nitrogens is 2. The van der Waals surface area contributed by atoms with E-state index in [0.717, 1.165) is 17.1 Å². The topological polar surface area (TPSA) is 37.8 Å². The van der Waals surface area contributed by atoms with Gasteiger partial charge >= 0.3 is 0 Å². The SMILES string of the molecule is Cc1nc(-c2cccc(-c3ccccc3)c2F)cnc1NC(C)(C)C. The Hall–Kier alpha value is -2.75. The number of rotatable bonds is 3. The van der Waals surface area contributed by atoms with Gasteiger partial charge in [-0.2, -0.15) is 0 Å². The van der Waals surface area contributed by atoms with Crippen molar-refractivity contribution in [1.82, 2.24) is 9.97 Å². The largest absolute Gasteiger partial charge is 0.364 e. The number of hydrogen-bond acceptors (Lipinski definition) is 3. The van der Waals surface area contributed by atoms with Crippen LogP contribution in [0.2, 0.25) is 0 Å². The molecule has 1 heterocycles. The van der Waals surface area contributed by atoms with Gasteiger partial charge in [0.1, 0.15) is 11.6 Å². The molecule has 0 aliphatic heterocycles. The molecule has 0 aliphatic carbocycles. The van der Waals surface area contributed by atoms with E-state index in [-0.39, 0.29) is 11.4 Å². The van der Waals surface area contributed by atoms with E-state index in [1.54, 1.807) is 18.3 Å². The van der Waals surface area contributed by atoms with Gasteiger partial charge in [-0.15, -0.1) is 0 Å². The summed E-state index contributed by atoms with van der Waals surface area (Å²) in [6, 6.07) is 14.9. The Bertz CT molecular complexity index is 883. The van der Waals surface area contributed by atoms with Crippen LogP contribution in [0.3, 0.4) is 0 Å². The number of hydrogen-bond donors (Lipinski definition) is 1. The third kappa shape index (κ3) is 3.85. The van der Waals surface area contributed by atoms with Gasteiger partial charge < -0.3 is 5.32 Å². The second-order valence-electron chi connectivity index (χ2n) is 7.10. The summed E-state index contributed by atoms with van der Waals surface area (Å²) in [5.74, 6) is 0.440. The van der Waals surface area contributed by atoms with Gasteiger partial charge in [0.2, 0.25) is 0 Å². The summed E-state index contributed by atoms with van der Waals surface area (Å²) in [4.78, 5) is 9.00. The Morgan fingerprint density at radius 3 is 2.24 bits per heavy atom. The summed E-state index contributed by atoms with van der Waals surface area (Å²) >= 11 is 0. The number of halogens is 1. The average Bonchev–Trinajstić information content (AvgIpc) is 2.57. The molecule has 4 heteroatoms. The van der Waals surface area contributed by atoms with Crippen molar-refractivity contribution in [3.8, 4) is 22.4 Å². The lowest BCUT2D eigenvalue weighted by atomic mass is 10.0. The highest BCUT2D eigenvalue weighted by molar-refractivity contribution is 5.72. The van der Waals surface area contributed by atoms with Crippen LogP contribution in [-0.4, -0.2) is 15.5 Å². The Kier molecular flexibility index (Phi) is 4.53. The Morgan fingerprint density at radius 2 is 1.60 bits per heavy atom. The maximum Gasteiger partial charge on any atom is 0.147 e. The van der Waals surface area contributed by atoms with Crippen molar-refractivity contribution in [3.05, 3.63) is 66.2 Å². The smallest absolute Gasteiger partial charge is 0.147 e. The van der Waals surface area contributed by atoms with Crippen LogP contribution in [-0.2, 0) is 0 Å². The first-order valence-electron chi connectivity index (χ1n) is 8.31. The van der Waals surface area contributed by atoms with Crippen LogP contribution in [0.25, 0.3) is 22.4 Å². The summed E-state index contributed by atoms with van der Waals surface area (Å²) < 4.78 is 15.1. The molecule has 3 aromatic rings. The molecule has 128 valence electrons. The van der Waals surface area contributed by atoms with Gasteiger partial charge in [0.25, 0.3) is 0 Å². The van der Waals surface area contributed by atoms with E-state index in [9.17, 15) is 0 Å². The molecule has 0 fully saturated rings. The Balaban J connectivity index is 2.02. The zero-order chi connectivity index (χ0) is 18.0. The molecule has 0 spiro atoms. The molecule has 0 amide bonds. The van der Waals surface area contributed by atoms with Crippen LogP contribution in [0.4, 0.5) is 10.2 Å².